The van der Waals surface area contributed by atoms with E-state index in [-0.39, 0.29) is 0 Å². The average Bonchev–Trinajstić information content (AvgIpc) is 1.63. The molecular weight excluding hydrogens is 104 g/mol. The lowest BCUT2D eigenvalue weighted by molar-refractivity contribution is 0.262. The number of hydrogen-bond donors (Lipinski definition) is 1. The van der Waals surface area contributed by atoms with Gasteiger partial charge in [-0.15, -0.1) is 0 Å². The molecule has 0 aliphatic heterocycles. The van der Waals surface area contributed by atoms with Gasteiger partial charge in [0.05, 0.1) is 0 Å². The quantitative estimate of drug-likeness (QED) is 0.460. The second-order valence-electron chi connectivity index (χ2n) is 2.80. The zero-order valence-electron chi connectivity index (χ0n) is 4.94. The van der Waals surface area contributed by atoms with Crippen molar-refractivity contribution in [2.45, 2.75) is 31.4 Å². The predicted molar refractivity (Wildman–Crippen MR) is 35.8 cm³/mol. The van der Waals surface area contributed by atoms with Crippen LogP contribution in [0.2, 0.25) is 0 Å². The number of hydrogen-bond acceptors (Lipinski definition) is 1. The molecule has 0 spiro atoms. The Bertz CT molecular complexity index is 76.2. The van der Waals surface area contributed by atoms with Crippen molar-refractivity contribution in [3.05, 3.63) is 0 Å². The van der Waals surface area contributed by atoms with Gasteiger partial charge in [0.25, 0.3) is 0 Å². The molecule has 0 aromatic rings. The largest absolute Gasteiger partial charge is 0.173 e. The van der Waals surface area contributed by atoms with Gasteiger partial charge in [-0.05, 0) is 18.8 Å². The second-order valence-corrected chi connectivity index (χ2v) is 3.82. The molecule has 0 radical (unpaired) electrons. The highest BCUT2D eigenvalue weighted by Crippen LogP contribution is 2.42. The molecule has 2 atom stereocenters. The van der Waals surface area contributed by atoms with Crippen LogP contribution < -0.4 is 0 Å². The lowest BCUT2D eigenvalue weighted by atomic mass is 9.75. The molecular formula is C6H12S. The van der Waals surface area contributed by atoms with Gasteiger partial charge in [0.2, 0.25) is 0 Å². The monoisotopic (exact) mass is 116 g/mol. The normalized spacial score (nSPS) is 51.0. The minimum absolute atomic E-state index is 0.375. The third kappa shape index (κ3) is 0.788. The maximum Gasteiger partial charge on any atom is 0.0127 e. The molecule has 1 heteroatoms. The van der Waals surface area contributed by atoms with Crippen molar-refractivity contribution in [2.75, 3.05) is 0 Å². The Kier molecular flexibility index (Phi) is 1.11. The third-order valence-corrected chi connectivity index (χ3v) is 2.81. The Hall–Kier alpha value is 0.350. The lowest BCUT2D eigenvalue weighted by Gasteiger charge is -2.41. The van der Waals surface area contributed by atoms with Gasteiger partial charge in [-0.25, -0.2) is 0 Å². The van der Waals surface area contributed by atoms with Gasteiger partial charge < -0.3 is 0 Å². The maximum absolute atomic E-state index is 4.44. The molecule has 1 saturated carbocycles. The molecule has 0 heterocycles. The average molecular weight is 116 g/mol. The van der Waals surface area contributed by atoms with Crippen molar-refractivity contribution >= 4 is 12.6 Å². The molecule has 0 aromatic carbocycles. The van der Waals surface area contributed by atoms with Crippen molar-refractivity contribution in [1.29, 1.82) is 0 Å². The topological polar surface area (TPSA) is 0 Å². The molecule has 7 heavy (non-hydrogen) atoms. The van der Waals surface area contributed by atoms with Gasteiger partial charge >= 0.3 is 0 Å². The van der Waals surface area contributed by atoms with E-state index in [0.29, 0.717) is 4.75 Å². The molecule has 1 aliphatic carbocycles. The zero-order chi connectivity index (χ0) is 5.49. The van der Waals surface area contributed by atoms with E-state index in [4.69, 9.17) is 0 Å². The highest BCUT2D eigenvalue weighted by molar-refractivity contribution is 7.81. The fourth-order valence-corrected chi connectivity index (χ4v) is 1.11. The van der Waals surface area contributed by atoms with Crippen LogP contribution in [0.5, 0.6) is 0 Å². The molecule has 42 valence electrons. The van der Waals surface area contributed by atoms with Gasteiger partial charge in [-0.2, -0.15) is 12.6 Å². The summed E-state index contributed by atoms with van der Waals surface area (Å²) in [7, 11) is 0. The van der Waals surface area contributed by atoms with E-state index < -0.39 is 0 Å². The minimum atomic E-state index is 0.375. The summed E-state index contributed by atoms with van der Waals surface area (Å²) in [5, 5.41) is 0. The van der Waals surface area contributed by atoms with E-state index in [0.717, 1.165) is 5.92 Å². The van der Waals surface area contributed by atoms with Gasteiger partial charge in [-0.1, -0.05) is 13.8 Å². The lowest BCUT2D eigenvalue weighted by Crippen LogP contribution is -2.36. The molecule has 0 nitrogen and oxygen atoms in total. The van der Waals surface area contributed by atoms with Gasteiger partial charge in [0.15, 0.2) is 0 Å². The zero-order valence-corrected chi connectivity index (χ0v) is 5.83. The number of rotatable bonds is 0. The Morgan fingerprint density at radius 1 is 1.71 bits per heavy atom. The number of thiol groups is 1. The molecule has 0 N–H and O–H groups in total. The third-order valence-electron chi connectivity index (χ3n) is 2.15. The van der Waals surface area contributed by atoms with Crippen LogP contribution in [0.25, 0.3) is 0 Å². The second kappa shape index (κ2) is 1.41. The molecule has 1 aliphatic rings. The van der Waals surface area contributed by atoms with Crippen LogP contribution in [0.15, 0.2) is 0 Å². The van der Waals surface area contributed by atoms with Crippen molar-refractivity contribution in [3.63, 3.8) is 0 Å². The Balaban J connectivity index is 2.43. The maximum atomic E-state index is 4.44. The van der Waals surface area contributed by atoms with E-state index in [9.17, 15) is 0 Å². The summed E-state index contributed by atoms with van der Waals surface area (Å²) in [5.41, 5.74) is 0. The predicted octanol–water partition coefficient (Wildman–Crippen LogP) is 2.10. The molecule has 0 bridgehead atoms. The summed E-state index contributed by atoms with van der Waals surface area (Å²) in [6, 6.07) is 0. The van der Waals surface area contributed by atoms with Crippen LogP contribution in [0.4, 0.5) is 0 Å². The van der Waals surface area contributed by atoms with Crippen LogP contribution in [-0.4, -0.2) is 4.75 Å². The summed E-state index contributed by atoms with van der Waals surface area (Å²) in [6.07, 6.45) is 2.68. The van der Waals surface area contributed by atoms with Crippen molar-refractivity contribution < 1.29 is 0 Å². The fraction of sp³-hybridized carbons (Fsp3) is 1.00. The van der Waals surface area contributed by atoms with Gasteiger partial charge in [0, 0.05) is 4.75 Å². The van der Waals surface area contributed by atoms with Crippen LogP contribution in [-0.2, 0) is 0 Å². The molecule has 2 unspecified atom stereocenters. The summed E-state index contributed by atoms with van der Waals surface area (Å²) in [6.45, 7) is 4.47. The Labute approximate surface area is 50.7 Å². The van der Waals surface area contributed by atoms with Crippen molar-refractivity contribution in [3.8, 4) is 0 Å². The summed E-state index contributed by atoms with van der Waals surface area (Å²) < 4.78 is 0.375. The smallest absolute Gasteiger partial charge is 0.0127 e. The molecule has 0 saturated heterocycles. The molecule has 0 aromatic heterocycles. The summed E-state index contributed by atoms with van der Waals surface area (Å²) in [4.78, 5) is 0. The van der Waals surface area contributed by atoms with Crippen molar-refractivity contribution in [2.24, 2.45) is 5.92 Å². The van der Waals surface area contributed by atoms with Gasteiger partial charge in [0.1, 0.15) is 0 Å². The molecule has 1 rings (SSSR count). The fourth-order valence-electron chi connectivity index (χ4n) is 0.851. The van der Waals surface area contributed by atoms with Crippen LogP contribution in [0.1, 0.15) is 26.7 Å². The first-order valence-electron chi connectivity index (χ1n) is 2.85. The van der Waals surface area contributed by atoms with Crippen LogP contribution in [0.3, 0.4) is 0 Å². The highest BCUT2D eigenvalue weighted by atomic mass is 32.1. The Morgan fingerprint density at radius 3 is 2.14 bits per heavy atom. The Morgan fingerprint density at radius 2 is 2.14 bits per heavy atom. The minimum Gasteiger partial charge on any atom is -0.173 e. The van der Waals surface area contributed by atoms with Crippen LogP contribution in [0, 0.1) is 5.92 Å². The standard InChI is InChI=1S/C6H12S/c1-5-3-4-6(5,2)7/h5,7H,3-4H2,1-2H3. The highest BCUT2D eigenvalue weighted by Gasteiger charge is 2.35. The summed E-state index contributed by atoms with van der Waals surface area (Å²) >= 11 is 4.44. The van der Waals surface area contributed by atoms with E-state index in [2.05, 4.69) is 26.5 Å². The first-order chi connectivity index (χ1) is 3.13. The molecule has 0 amide bonds. The van der Waals surface area contributed by atoms with E-state index in [1.165, 1.54) is 12.8 Å². The van der Waals surface area contributed by atoms with E-state index >= 15 is 0 Å². The molecule has 1 fully saturated rings. The first-order valence-corrected chi connectivity index (χ1v) is 3.30. The first kappa shape index (κ1) is 5.49. The van der Waals surface area contributed by atoms with E-state index in [1.54, 1.807) is 0 Å². The summed E-state index contributed by atoms with van der Waals surface area (Å²) in [5.74, 6) is 0.843. The van der Waals surface area contributed by atoms with Crippen LogP contribution >= 0.6 is 12.6 Å². The van der Waals surface area contributed by atoms with E-state index in [1.807, 2.05) is 0 Å². The SMILES string of the molecule is CC1CCC1(C)S. The van der Waals surface area contributed by atoms with Crippen molar-refractivity contribution in [1.82, 2.24) is 0 Å². The van der Waals surface area contributed by atoms with Gasteiger partial charge in [-0.3, -0.25) is 0 Å².